The summed E-state index contributed by atoms with van der Waals surface area (Å²) in [4.78, 5) is 4.35. The number of rotatable bonds is 2. The third-order valence-electron chi connectivity index (χ3n) is 5.17. The van der Waals surface area contributed by atoms with Crippen molar-refractivity contribution in [3.05, 3.63) is 66.3 Å². The molecular formula is C23H21NO. The monoisotopic (exact) mass is 330 g/mol. The fourth-order valence-corrected chi connectivity index (χ4v) is 3.96. The van der Waals surface area contributed by atoms with E-state index in [1.165, 1.54) is 12.5 Å². The van der Waals surface area contributed by atoms with Crippen molar-refractivity contribution >= 4 is 21.9 Å². The summed E-state index contributed by atoms with van der Waals surface area (Å²) in [6.07, 6.45) is 6.62. The number of nitrogens with zero attached hydrogens (tertiary/aromatic N) is 1. The molecule has 0 unspecified atom stereocenters. The first-order chi connectivity index (χ1) is 13.6. The highest BCUT2D eigenvalue weighted by molar-refractivity contribution is 6.10. The SMILES string of the molecule is [2H]c1ccnc(-c2cccc3c2oc2c(C4([2H])CCCCC4)cccc23)c1[2H]. The maximum Gasteiger partial charge on any atom is 0.144 e. The first kappa shape index (κ1) is 11.9. The van der Waals surface area contributed by atoms with E-state index >= 15 is 0 Å². The molecule has 0 radical (unpaired) electrons. The Bertz CT molecular complexity index is 1190. The highest BCUT2D eigenvalue weighted by atomic mass is 16.3. The van der Waals surface area contributed by atoms with Gasteiger partial charge in [-0.3, -0.25) is 4.98 Å². The summed E-state index contributed by atoms with van der Waals surface area (Å²) in [5, 5.41) is 1.96. The molecule has 1 aliphatic carbocycles. The zero-order chi connectivity index (χ0) is 19.3. The molecule has 1 fully saturated rings. The average Bonchev–Trinajstić information content (AvgIpc) is 3.09. The summed E-state index contributed by atoms with van der Waals surface area (Å²) in [5.41, 5.74) is 3.59. The second-order valence-electron chi connectivity index (χ2n) is 6.69. The second-order valence-corrected chi connectivity index (χ2v) is 6.69. The molecule has 0 aliphatic heterocycles. The van der Waals surface area contributed by atoms with E-state index in [1.54, 1.807) is 6.20 Å². The van der Waals surface area contributed by atoms with Crippen molar-refractivity contribution in [1.29, 1.82) is 0 Å². The summed E-state index contributed by atoms with van der Waals surface area (Å²) >= 11 is 0. The largest absolute Gasteiger partial charge is 0.455 e. The van der Waals surface area contributed by atoms with Crippen LogP contribution in [0, 0.1) is 0 Å². The quantitative estimate of drug-likeness (QED) is 0.409. The van der Waals surface area contributed by atoms with Crippen LogP contribution in [0.1, 0.15) is 47.7 Å². The van der Waals surface area contributed by atoms with Crippen LogP contribution < -0.4 is 0 Å². The Morgan fingerprint density at radius 2 is 1.76 bits per heavy atom. The molecule has 2 heteroatoms. The summed E-state index contributed by atoms with van der Waals surface area (Å²) < 4.78 is 31.6. The van der Waals surface area contributed by atoms with Crippen LogP contribution in [0.4, 0.5) is 0 Å². The van der Waals surface area contributed by atoms with Crippen molar-refractivity contribution in [2.24, 2.45) is 0 Å². The van der Waals surface area contributed by atoms with Gasteiger partial charge in [0.2, 0.25) is 0 Å². The predicted molar refractivity (Wildman–Crippen MR) is 103 cm³/mol. The number of furan rings is 1. The molecule has 0 N–H and O–H groups in total. The lowest BCUT2D eigenvalue weighted by atomic mass is 9.83. The zero-order valence-electron chi connectivity index (χ0n) is 17.0. The van der Waals surface area contributed by atoms with Gasteiger partial charge < -0.3 is 4.42 Å². The van der Waals surface area contributed by atoms with E-state index in [-0.39, 0.29) is 12.1 Å². The second kappa shape index (κ2) is 6.03. The number of benzene rings is 2. The maximum atomic E-state index is 9.07. The lowest BCUT2D eigenvalue weighted by molar-refractivity contribution is 0.442. The van der Waals surface area contributed by atoms with Crippen molar-refractivity contribution in [1.82, 2.24) is 4.98 Å². The molecule has 0 spiro atoms. The number of aromatic nitrogens is 1. The lowest BCUT2D eigenvalue weighted by Gasteiger charge is -2.21. The molecule has 0 saturated heterocycles. The van der Waals surface area contributed by atoms with Gasteiger partial charge in [-0.2, -0.15) is 0 Å². The van der Waals surface area contributed by atoms with Gasteiger partial charge >= 0.3 is 0 Å². The van der Waals surface area contributed by atoms with Gasteiger partial charge in [0, 0.05) is 23.9 Å². The molecule has 2 aromatic carbocycles. The van der Waals surface area contributed by atoms with E-state index in [9.17, 15) is 0 Å². The minimum absolute atomic E-state index is 0.0971. The highest BCUT2D eigenvalue weighted by Crippen LogP contribution is 2.41. The van der Waals surface area contributed by atoms with E-state index in [0.29, 0.717) is 11.3 Å². The summed E-state index contributed by atoms with van der Waals surface area (Å²) in [7, 11) is 0. The Morgan fingerprint density at radius 3 is 2.64 bits per heavy atom. The minimum Gasteiger partial charge on any atom is -0.455 e. The molecule has 5 rings (SSSR count). The number of pyridine rings is 1. The standard InChI is InChI=1S/C23H21NO/c1-2-8-16(9-3-1)17-10-6-11-18-19-12-7-13-20(23(19)25-22(17)18)21-14-4-5-15-24-21/h4-7,10-16H,1-3,8-9H2/i4D,14D,16D. The van der Waals surface area contributed by atoms with Crippen molar-refractivity contribution in [3.63, 3.8) is 0 Å². The molecule has 2 aromatic heterocycles. The van der Waals surface area contributed by atoms with Gasteiger partial charge in [0.05, 0.1) is 8.44 Å². The number of fused-ring (bicyclic) bond motifs is 3. The molecule has 4 aromatic rings. The third-order valence-corrected chi connectivity index (χ3v) is 5.17. The first-order valence-electron chi connectivity index (χ1n) is 10.5. The van der Waals surface area contributed by atoms with Crippen LogP contribution in [0.5, 0.6) is 0 Å². The number of hydrogen-bond acceptors (Lipinski definition) is 2. The number of para-hydroxylation sites is 2. The Kier molecular flexibility index (Phi) is 2.86. The van der Waals surface area contributed by atoms with Crippen LogP contribution in [0.2, 0.25) is 0 Å². The molecule has 2 nitrogen and oxygen atoms in total. The smallest absolute Gasteiger partial charge is 0.144 e. The topological polar surface area (TPSA) is 26.0 Å². The van der Waals surface area contributed by atoms with Gasteiger partial charge in [-0.05, 0) is 42.5 Å². The molecule has 25 heavy (non-hydrogen) atoms. The van der Waals surface area contributed by atoms with E-state index in [2.05, 4.69) is 4.98 Å². The maximum absolute atomic E-state index is 9.07. The van der Waals surface area contributed by atoms with Gasteiger partial charge in [0.25, 0.3) is 0 Å². The average molecular weight is 330 g/mol. The van der Waals surface area contributed by atoms with Gasteiger partial charge in [-0.1, -0.05) is 55.6 Å². The molecule has 0 bridgehead atoms. The minimum atomic E-state index is -0.605. The molecule has 2 heterocycles. The zero-order valence-corrected chi connectivity index (χ0v) is 14.0. The fourth-order valence-electron chi connectivity index (χ4n) is 3.96. The van der Waals surface area contributed by atoms with Crippen LogP contribution in [0.15, 0.2) is 65.2 Å². The van der Waals surface area contributed by atoms with Crippen LogP contribution >= 0.6 is 0 Å². The summed E-state index contributed by atoms with van der Waals surface area (Å²) in [6, 6.07) is 13.7. The number of hydrogen-bond donors (Lipinski definition) is 0. The van der Waals surface area contributed by atoms with Crippen molar-refractivity contribution in [3.8, 4) is 11.3 Å². The summed E-state index contributed by atoms with van der Waals surface area (Å²) in [5.74, 6) is -0.605. The third kappa shape index (κ3) is 2.44. The van der Waals surface area contributed by atoms with Crippen molar-refractivity contribution in [2.45, 2.75) is 38.0 Å². The molecule has 0 amide bonds. The van der Waals surface area contributed by atoms with Gasteiger partial charge in [-0.15, -0.1) is 0 Å². The van der Waals surface area contributed by atoms with Gasteiger partial charge in [-0.25, -0.2) is 0 Å². The predicted octanol–water partition coefficient (Wildman–Crippen LogP) is 6.70. The van der Waals surface area contributed by atoms with Crippen molar-refractivity contribution in [2.75, 3.05) is 0 Å². The molecule has 124 valence electrons. The Hall–Kier alpha value is -2.61. The summed E-state index contributed by atoms with van der Waals surface area (Å²) in [6.45, 7) is 0. The Morgan fingerprint density at radius 1 is 0.960 bits per heavy atom. The molecule has 1 saturated carbocycles. The Labute approximate surface area is 151 Å². The van der Waals surface area contributed by atoms with Gasteiger partial charge in [0.15, 0.2) is 0 Å². The van der Waals surface area contributed by atoms with Crippen LogP contribution in [-0.2, 0) is 0 Å². The van der Waals surface area contributed by atoms with Crippen molar-refractivity contribution < 1.29 is 8.53 Å². The first-order valence-corrected chi connectivity index (χ1v) is 8.96. The van der Waals surface area contributed by atoms with E-state index in [4.69, 9.17) is 8.53 Å². The van der Waals surface area contributed by atoms with Crippen LogP contribution in [0.3, 0.4) is 0 Å². The lowest BCUT2D eigenvalue weighted by Crippen LogP contribution is -2.04. The van der Waals surface area contributed by atoms with E-state index in [1.807, 2.05) is 36.4 Å². The molecular weight excluding hydrogens is 306 g/mol. The van der Waals surface area contributed by atoms with Gasteiger partial charge in [0.1, 0.15) is 11.2 Å². The molecule has 1 aliphatic rings. The van der Waals surface area contributed by atoms with Crippen LogP contribution in [0.25, 0.3) is 33.2 Å². The van der Waals surface area contributed by atoms with E-state index in [0.717, 1.165) is 53.2 Å². The Balaban J connectivity index is 1.79. The highest BCUT2D eigenvalue weighted by Gasteiger charge is 2.21. The molecule has 0 atom stereocenters. The fraction of sp³-hybridized carbons (Fsp3) is 0.261. The van der Waals surface area contributed by atoms with E-state index < -0.39 is 5.89 Å². The van der Waals surface area contributed by atoms with Crippen LogP contribution in [-0.4, -0.2) is 4.98 Å². The normalized spacial score (nSPS) is 18.8.